The molecule has 118 valence electrons. The van der Waals surface area contributed by atoms with Crippen LogP contribution in [-0.4, -0.2) is 0 Å². The van der Waals surface area contributed by atoms with Gasteiger partial charge >= 0.3 is 0 Å². The molecule has 0 unspecified atom stereocenters. The van der Waals surface area contributed by atoms with E-state index in [1.807, 2.05) is 62.3 Å². The van der Waals surface area contributed by atoms with E-state index in [1.54, 1.807) is 0 Å². The summed E-state index contributed by atoms with van der Waals surface area (Å²) in [6, 6.07) is 0. The smallest absolute Gasteiger partial charge is 0.0379 e. The molecule has 0 bridgehead atoms. The second-order valence-corrected chi connectivity index (χ2v) is 2.33. The number of rotatable bonds is 3. The van der Waals surface area contributed by atoms with E-state index in [0.29, 0.717) is 0 Å². The molecule has 0 aliphatic carbocycles. The monoisotopic (exact) mass is 262 g/mol. The number of hydrogen-bond donors (Lipinski definition) is 0. The molecule has 18 heavy (non-hydrogen) atoms. The van der Waals surface area contributed by atoms with Crippen molar-refractivity contribution in [3.63, 3.8) is 0 Å². The molecule has 0 radical (unpaired) electrons. The van der Waals surface area contributed by atoms with Crippen molar-refractivity contribution in [3.8, 4) is 0 Å². The lowest BCUT2D eigenvalue weighted by Gasteiger charge is -1.79. The Morgan fingerprint density at radius 2 is 0.889 bits per heavy atom. The Labute approximate surface area is 121 Å². The second-order valence-electron chi connectivity index (χ2n) is 2.33. The van der Waals surface area contributed by atoms with E-state index in [9.17, 15) is 0 Å². The summed E-state index contributed by atoms with van der Waals surface area (Å²) in [6.07, 6.45) is 9.42. The van der Waals surface area contributed by atoms with E-state index >= 15 is 0 Å². The Morgan fingerprint density at radius 3 is 0.889 bits per heavy atom. The van der Waals surface area contributed by atoms with Gasteiger partial charge in [-0.2, -0.15) is 0 Å². The highest BCUT2D eigenvalue weighted by Crippen LogP contribution is 1.88. The second kappa shape index (κ2) is 126. The van der Waals surface area contributed by atoms with Crippen molar-refractivity contribution < 1.29 is 0 Å². The molecule has 0 heterocycles. The molecule has 0 aromatic carbocycles. The van der Waals surface area contributed by atoms with Gasteiger partial charge in [-0.15, -0.1) is 0 Å². The minimum atomic E-state index is 1.16. The van der Waals surface area contributed by atoms with Crippen LogP contribution in [0.2, 0.25) is 0 Å². The van der Waals surface area contributed by atoms with Crippen LogP contribution in [0.3, 0.4) is 0 Å². The molecule has 0 aliphatic heterocycles. The topological polar surface area (TPSA) is 0 Å². The molecular weight excluding hydrogens is 216 g/mol. The van der Waals surface area contributed by atoms with Crippen LogP contribution in [0, 0.1) is 0 Å². The predicted molar refractivity (Wildman–Crippen MR) is 95.7 cm³/mol. The lowest BCUT2D eigenvalue weighted by molar-refractivity contribution is 0.772. The largest absolute Gasteiger partial charge is 0.0917 e. The average molecular weight is 263 g/mol. The van der Waals surface area contributed by atoms with E-state index in [1.165, 1.54) is 19.3 Å². The fourth-order valence-electron chi connectivity index (χ4n) is 0.589. The lowest BCUT2D eigenvalue weighted by Crippen LogP contribution is -1.59. The third-order valence-electron chi connectivity index (χ3n) is 1.18. The van der Waals surface area contributed by atoms with Crippen LogP contribution in [0.4, 0.5) is 0 Å². The Kier molecular flexibility index (Phi) is 252. The number of allylic oxidation sites excluding steroid dienone is 2. The molecule has 0 rings (SSSR count). The first-order valence-corrected chi connectivity index (χ1v) is 8.44. The molecule has 0 atom stereocenters. The average Bonchev–Trinajstić information content (AvgIpc) is 2.50. The van der Waals surface area contributed by atoms with Gasteiger partial charge in [-0.1, -0.05) is 108 Å². The highest BCUT2D eigenvalue weighted by atomic mass is 13.7. The summed E-state index contributed by atoms with van der Waals surface area (Å²) in [7, 11) is 0. The van der Waals surface area contributed by atoms with Crippen LogP contribution < -0.4 is 0 Å². The lowest BCUT2D eigenvalue weighted by atomic mass is 10.3. The molecule has 0 aromatic rings. The first-order valence-electron chi connectivity index (χ1n) is 8.44. The molecule has 0 aromatic heterocycles. The standard InChI is InChI=1S/C5H12.C5H10.4C2H6/c2*1-3-5-4-2;4*1-2/h3-5H2,1-2H3;3,5H,4H2,1-2H3;4*1-2H3/b;5-3+;;;;. The van der Waals surface area contributed by atoms with Crippen molar-refractivity contribution >= 4 is 0 Å². The van der Waals surface area contributed by atoms with Crippen molar-refractivity contribution in [3.05, 3.63) is 12.2 Å². The Morgan fingerprint density at radius 1 is 0.611 bits per heavy atom. The zero-order valence-electron chi connectivity index (χ0n) is 16.0. The predicted octanol–water partition coefficient (Wildman–Crippen LogP) is 8.27. The van der Waals surface area contributed by atoms with E-state index in [0.717, 1.165) is 6.42 Å². The quantitative estimate of drug-likeness (QED) is 0.449. The maximum Gasteiger partial charge on any atom is -0.0379 e. The highest BCUT2D eigenvalue weighted by molar-refractivity contribution is 4.73. The van der Waals surface area contributed by atoms with Gasteiger partial charge in [0, 0.05) is 0 Å². The Balaban J connectivity index is -0.0000000260. The molecule has 0 saturated heterocycles. The van der Waals surface area contributed by atoms with Gasteiger partial charge in [0.1, 0.15) is 0 Å². The normalized spacial score (nSPS) is 6.44. The Hall–Kier alpha value is -0.260. The van der Waals surface area contributed by atoms with Crippen molar-refractivity contribution in [1.29, 1.82) is 0 Å². The van der Waals surface area contributed by atoms with Gasteiger partial charge in [0.15, 0.2) is 0 Å². The first kappa shape index (κ1) is 36.1. The molecule has 0 amide bonds. The summed E-state index contributed by atoms with van der Waals surface area (Å²) >= 11 is 0. The highest BCUT2D eigenvalue weighted by Gasteiger charge is 1.68. The SMILES string of the molecule is C/C=C/CC.CC.CC.CC.CC.CCCCC. The van der Waals surface area contributed by atoms with Gasteiger partial charge in [-0.3, -0.25) is 0 Å². The third kappa shape index (κ3) is 244. The fraction of sp³-hybridized carbons (Fsp3) is 0.889. The first-order chi connectivity index (χ1) is 8.83. The number of hydrogen-bond acceptors (Lipinski definition) is 0. The Bertz CT molecular complexity index is 51.1. The van der Waals surface area contributed by atoms with E-state index < -0.39 is 0 Å². The van der Waals surface area contributed by atoms with Crippen molar-refractivity contribution in [1.82, 2.24) is 0 Å². The van der Waals surface area contributed by atoms with Gasteiger partial charge in [-0.25, -0.2) is 0 Å². The van der Waals surface area contributed by atoms with Gasteiger partial charge in [-0.05, 0) is 13.3 Å². The van der Waals surface area contributed by atoms with Gasteiger partial charge in [0.05, 0.1) is 0 Å². The maximum absolute atomic E-state index is 2.21. The molecule has 0 aliphatic rings. The van der Waals surface area contributed by atoms with Crippen LogP contribution in [-0.2, 0) is 0 Å². The van der Waals surface area contributed by atoms with Crippen LogP contribution in [0.15, 0.2) is 12.2 Å². The summed E-state index contributed by atoms with van der Waals surface area (Å²) in [6.45, 7) is 24.6. The number of unbranched alkanes of at least 4 members (excludes halogenated alkanes) is 2. The van der Waals surface area contributed by atoms with Crippen molar-refractivity contribution in [2.24, 2.45) is 0 Å². The summed E-state index contributed by atoms with van der Waals surface area (Å²) in [5.74, 6) is 0. The fourth-order valence-corrected chi connectivity index (χ4v) is 0.589. The summed E-state index contributed by atoms with van der Waals surface area (Å²) < 4.78 is 0. The zero-order chi connectivity index (χ0) is 16.2. The van der Waals surface area contributed by atoms with Gasteiger partial charge < -0.3 is 0 Å². The van der Waals surface area contributed by atoms with E-state index in [-0.39, 0.29) is 0 Å². The molecular formula is C18H46. The van der Waals surface area contributed by atoms with Gasteiger partial charge in [0.25, 0.3) is 0 Å². The van der Waals surface area contributed by atoms with E-state index in [4.69, 9.17) is 0 Å². The third-order valence-corrected chi connectivity index (χ3v) is 1.18. The van der Waals surface area contributed by atoms with Crippen LogP contribution >= 0.6 is 0 Å². The minimum absolute atomic E-state index is 1.16. The van der Waals surface area contributed by atoms with Crippen LogP contribution in [0.5, 0.6) is 0 Å². The van der Waals surface area contributed by atoms with E-state index in [2.05, 4.69) is 32.9 Å². The van der Waals surface area contributed by atoms with Crippen LogP contribution in [0.1, 0.15) is 109 Å². The molecule has 0 heteroatoms. The maximum atomic E-state index is 2.21. The van der Waals surface area contributed by atoms with Crippen LogP contribution in [0.25, 0.3) is 0 Å². The zero-order valence-corrected chi connectivity index (χ0v) is 16.0. The minimum Gasteiger partial charge on any atom is -0.0917 e. The van der Waals surface area contributed by atoms with Crippen molar-refractivity contribution in [2.75, 3.05) is 0 Å². The summed E-state index contributed by atoms with van der Waals surface area (Å²) in [5, 5.41) is 0. The molecule has 0 spiro atoms. The van der Waals surface area contributed by atoms with Gasteiger partial charge in [0.2, 0.25) is 0 Å². The molecule has 0 N–H and O–H groups in total. The summed E-state index contributed by atoms with van der Waals surface area (Å²) in [5.41, 5.74) is 0. The van der Waals surface area contributed by atoms with Crippen molar-refractivity contribution in [2.45, 2.75) is 109 Å². The molecule has 0 nitrogen and oxygen atoms in total. The summed E-state index contributed by atoms with van der Waals surface area (Å²) in [4.78, 5) is 0. The molecule has 0 fully saturated rings. The molecule has 0 saturated carbocycles.